The Hall–Kier alpha value is -2.24. The van der Waals surface area contributed by atoms with E-state index >= 15 is 0 Å². The molecule has 1 aliphatic carbocycles. The summed E-state index contributed by atoms with van der Waals surface area (Å²) in [5, 5.41) is 5.94. The second kappa shape index (κ2) is 7.55. The Labute approximate surface area is 143 Å². The first-order chi connectivity index (χ1) is 11.6. The Balaban J connectivity index is 1.48. The van der Waals surface area contributed by atoms with Crippen molar-refractivity contribution in [2.75, 3.05) is 38.0 Å². The number of amides is 4. The normalized spacial score (nSPS) is 18.0. The molecule has 1 saturated carbocycles. The van der Waals surface area contributed by atoms with Gasteiger partial charge in [-0.3, -0.25) is 0 Å². The average Bonchev–Trinajstić information content (AvgIpc) is 3.39. The minimum atomic E-state index is -0.0964. The SMILES string of the molecule is Cc1cccc(NC(=O)N2CCCN(C(=O)NCC3CC3)CC2)c1. The van der Waals surface area contributed by atoms with Crippen LogP contribution in [0.25, 0.3) is 0 Å². The lowest BCUT2D eigenvalue weighted by atomic mass is 10.2. The molecule has 2 N–H and O–H groups in total. The largest absolute Gasteiger partial charge is 0.338 e. The van der Waals surface area contributed by atoms with Gasteiger partial charge in [-0.05, 0) is 49.8 Å². The zero-order valence-corrected chi connectivity index (χ0v) is 14.3. The first kappa shape index (κ1) is 16.6. The lowest BCUT2D eigenvalue weighted by Gasteiger charge is -2.22. The van der Waals surface area contributed by atoms with Gasteiger partial charge in [-0.15, -0.1) is 0 Å². The van der Waals surface area contributed by atoms with E-state index in [1.807, 2.05) is 36.1 Å². The van der Waals surface area contributed by atoms with Crippen molar-refractivity contribution in [2.24, 2.45) is 5.92 Å². The molecule has 2 aliphatic rings. The lowest BCUT2D eigenvalue weighted by molar-refractivity contribution is 0.195. The van der Waals surface area contributed by atoms with Gasteiger partial charge < -0.3 is 20.4 Å². The number of nitrogens with one attached hydrogen (secondary N) is 2. The second-order valence-corrected chi connectivity index (χ2v) is 6.76. The lowest BCUT2D eigenvalue weighted by Crippen LogP contribution is -2.43. The zero-order chi connectivity index (χ0) is 16.9. The van der Waals surface area contributed by atoms with Crippen LogP contribution >= 0.6 is 0 Å². The van der Waals surface area contributed by atoms with E-state index < -0.39 is 0 Å². The van der Waals surface area contributed by atoms with E-state index in [1.165, 1.54) is 12.8 Å². The summed E-state index contributed by atoms with van der Waals surface area (Å²) in [7, 11) is 0. The second-order valence-electron chi connectivity index (χ2n) is 6.76. The molecule has 6 heteroatoms. The van der Waals surface area contributed by atoms with Crippen LogP contribution in [-0.2, 0) is 0 Å². The Morgan fingerprint density at radius 1 is 1.08 bits per heavy atom. The molecule has 130 valence electrons. The molecule has 0 bridgehead atoms. The molecule has 2 fully saturated rings. The summed E-state index contributed by atoms with van der Waals surface area (Å²) in [5.74, 6) is 0.678. The monoisotopic (exact) mass is 330 g/mol. The number of urea groups is 2. The fraction of sp³-hybridized carbons (Fsp3) is 0.556. The predicted molar refractivity (Wildman–Crippen MR) is 94.1 cm³/mol. The van der Waals surface area contributed by atoms with Gasteiger partial charge in [0.2, 0.25) is 0 Å². The maximum atomic E-state index is 12.4. The molecule has 0 atom stereocenters. The van der Waals surface area contributed by atoms with E-state index in [2.05, 4.69) is 10.6 Å². The quantitative estimate of drug-likeness (QED) is 0.895. The number of aryl methyl sites for hydroxylation is 1. The van der Waals surface area contributed by atoms with Crippen molar-refractivity contribution in [3.05, 3.63) is 29.8 Å². The third kappa shape index (κ3) is 4.63. The summed E-state index contributed by atoms with van der Waals surface area (Å²) >= 11 is 0. The summed E-state index contributed by atoms with van der Waals surface area (Å²) in [6, 6.07) is 7.68. The van der Waals surface area contributed by atoms with Crippen LogP contribution in [-0.4, -0.2) is 54.6 Å². The highest BCUT2D eigenvalue weighted by Gasteiger charge is 2.25. The molecule has 0 aromatic heterocycles. The van der Waals surface area contributed by atoms with Crippen molar-refractivity contribution in [3.8, 4) is 0 Å². The first-order valence-corrected chi connectivity index (χ1v) is 8.77. The smallest absolute Gasteiger partial charge is 0.321 e. The molecule has 6 nitrogen and oxygen atoms in total. The molecule has 1 heterocycles. The Morgan fingerprint density at radius 2 is 1.79 bits per heavy atom. The summed E-state index contributed by atoms with van der Waals surface area (Å²) in [5.41, 5.74) is 1.92. The van der Waals surface area contributed by atoms with Crippen LogP contribution in [0.15, 0.2) is 24.3 Å². The van der Waals surface area contributed by atoms with Crippen LogP contribution in [0.4, 0.5) is 15.3 Å². The zero-order valence-electron chi connectivity index (χ0n) is 14.3. The molecule has 0 radical (unpaired) electrons. The maximum absolute atomic E-state index is 12.4. The third-order valence-electron chi connectivity index (χ3n) is 4.58. The fourth-order valence-electron chi connectivity index (χ4n) is 2.91. The topological polar surface area (TPSA) is 64.7 Å². The molecule has 3 rings (SSSR count). The maximum Gasteiger partial charge on any atom is 0.321 e. The summed E-state index contributed by atoms with van der Waals surface area (Å²) in [4.78, 5) is 28.2. The van der Waals surface area contributed by atoms with E-state index in [4.69, 9.17) is 0 Å². The van der Waals surface area contributed by atoms with E-state index in [-0.39, 0.29) is 12.1 Å². The van der Waals surface area contributed by atoms with Crippen LogP contribution in [0.1, 0.15) is 24.8 Å². The summed E-state index contributed by atoms with van der Waals surface area (Å²) in [6.45, 7) is 5.30. The molecule has 4 amide bonds. The van der Waals surface area contributed by atoms with Gasteiger partial charge in [0.15, 0.2) is 0 Å². The van der Waals surface area contributed by atoms with Crippen molar-refractivity contribution in [2.45, 2.75) is 26.2 Å². The molecule has 1 aromatic rings. The molecular weight excluding hydrogens is 304 g/mol. The van der Waals surface area contributed by atoms with Gasteiger partial charge in [-0.2, -0.15) is 0 Å². The molecule has 1 aromatic carbocycles. The number of hydrogen-bond donors (Lipinski definition) is 2. The van der Waals surface area contributed by atoms with Gasteiger partial charge in [0.1, 0.15) is 0 Å². The van der Waals surface area contributed by atoms with E-state index in [0.717, 1.165) is 24.2 Å². The summed E-state index contributed by atoms with van der Waals surface area (Å²) in [6.07, 6.45) is 3.26. The standard InChI is InChI=1S/C18H26N4O2/c1-14-4-2-5-16(12-14)20-18(24)22-9-3-8-21(10-11-22)17(23)19-13-15-6-7-15/h2,4-5,12,15H,3,6-11,13H2,1H3,(H,19,23)(H,20,24). The average molecular weight is 330 g/mol. The van der Waals surface area contributed by atoms with E-state index in [0.29, 0.717) is 32.1 Å². The van der Waals surface area contributed by atoms with E-state index in [9.17, 15) is 9.59 Å². The number of rotatable bonds is 3. The van der Waals surface area contributed by atoms with Gasteiger partial charge in [-0.1, -0.05) is 12.1 Å². The fourth-order valence-corrected chi connectivity index (χ4v) is 2.91. The van der Waals surface area contributed by atoms with Crippen LogP contribution in [0.3, 0.4) is 0 Å². The van der Waals surface area contributed by atoms with E-state index in [1.54, 1.807) is 4.90 Å². The van der Waals surface area contributed by atoms with Crippen molar-refractivity contribution in [3.63, 3.8) is 0 Å². The number of nitrogens with zero attached hydrogens (tertiary/aromatic N) is 2. The molecular formula is C18H26N4O2. The molecule has 1 aliphatic heterocycles. The summed E-state index contributed by atoms with van der Waals surface area (Å²) < 4.78 is 0. The van der Waals surface area contributed by atoms with Crippen molar-refractivity contribution >= 4 is 17.7 Å². The Kier molecular flexibility index (Phi) is 5.23. The van der Waals surface area contributed by atoms with Crippen molar-refractivity contribution in [1.82, 2.24) is 15.1 Å². The van der Waals surface area contributed by atoms with Gasteiger partial charge in [0.25, 0.3) is 0 Å². The number of benzene rings is 1. The van der Waals surface area contributed by atoms with Crippen LogP contribution in [0, 0.1) is 12.8 Å². The molecule has 1 saturated heterocycles. The number of anilines is 1. The van der Waals surface area contributed by atoms with Crippen LogP contribution < -0.4 is 10.6 Å². The van der Waals surface area contributed by atoms with Gasteiger partial charge in [0, 0.05) is 38.4 Å². The number of carbonyl (C=O) groups is 2. The Morgan fingerprint density at radius 3 is 2.46 bits per heavy atom. The highest BCUT2D eigenvalue weighted by molar-refractivity contribution is 5.89. The highest BCUT2D eigenvalue weighted by atomic mass is 16.2. The number of hydrogen-bond acceptors (Lipinski definition) is 2. The third-order valence-corrected chi connectivity index (χ3v) is 4.58. The van der Waals surface area contributed by atoms with Crippen molar-refractivity contribution < 1.29 is 9.59 Å². The van der Waals surface area contributed by atoms with Gasteiger partial charge in [0.05, 0.1) is 0 Å². The van der Waals surface area contributed by atoms with Crippen molar-refractivity contribution in [1.29, 1.82) is 0 Å². The Bertz CT molecular complexity index is 600. The molecule has 0 unspecified atom stereocenters. The van der Waals surface area contributed by atoms with Crippen LogP contribution in [0.5, 0.6) is 0 Å². The number of carbonyl (C=O) groups excluding carboxylic acids is 2. The van der Waals surface area contributed by atoms with Gasteiger partial charge >= 0.3 is 12.1 Å². The predicted octanol–water partition coefficient (Wildman–Crippen LogP) is 2.65. The first-order valence-electron chi connectivity index (χ1n) is 8.77. The van der Waals surface area contributed by atoms with Crippen LogP contribution in [0.2, 0.25) is 0 Å². The minimum absolute atomic E-state index is 0.00263. The highest BCUT2D eigenvalue weighted by Crippen LogP contribution is 2.27. The van der Waals surface area contributed by atoms with Gasteiger partial charge in [-0.25, -0.2) is 9.59 Å². The molecule has 24 heavy (non-hydrogen) atoms. The molecule has 0 spiro atoms. The minimum Gasteiger partial charge on any atom is -0.338 e.